The van der Waals surface area contributed by atoms with E-state index >= 15 is 0 Å². The zero-order chi connectivity index (χ0) is 14.3. The standard InChI is InChI=1S/C16H24BrNO/c1-13(2)15(17)16(19)18(3)12-8-7-11-14-9-5-4-6-10-14/h4-6,9-10,13,15H,7-8,11-12H2,1-3H3. The van der Waals surface area contributed by atoms with E-state index in [9.17, 15) is 4.79 Å². The van der Waals surface area contributed by atoms with Crippen LogP contribution < -0.4 is 0 Å². The predicted molar refractivity (Wildman–Crippen MR) is 84.6 cm³/mol. The van der Waals surface area contributed by atoms with E-state index in [1.54, 1.807) is 0 Å². The van der Waals surface area contributed by atoms with Crippen LogP contribution in [0.25, 0.3) is 0 Å². The largest absolute Gasteiger partial charge is 0.345 e. The van der Waals surface area contributed by atoms with E-state index < -0.39 is 0 Å². The van der Waals surface area contributed by atoms with Gasteiger partial charge in [-0.3, -0.25) is 4.79 Å². The fourth-order valence-electron chi connectivity index (χ4n) is 1.93. The summed E-state index contributed by atoms with van der Waals surface area (Å²) in [7, 11) is 1.89. The van der Waals surface area contributed by atoms with E-state index in [-0.39, 0.29) is 10.7 Å². The second kappa shape index (κ2) is 8.36. The molecule has 0 bridgehead atoms. The van der Waals surface area contributed by atoms with Crippen molar-refractivity contribution in [1.82, 2.24) is 4.90 Å². The molecule has 1 rings (SSSR count). The average molecular weight is 326 g/mol. The molecule has 0 heterocycles. The Balaban J connectivity index is 2.24. The molecule has 0 aromatic heterocycles. The molecule has 0 radical (unpaired) electrons. The highest BCUT2D eigenvalue weighted by Gasteiger charge is 2.21. The Morgan fingerprint density at radius 2 is 1.84 bits per heavy atom. The summed E-state index contributed by atoms with van der Waals surface area (Å²) < 4.78 is 0. The summed E-state index contributed by atoms with van der Waals surface area (Å²) in [6.45, 7) is 4.95. The highest BCUT2D eigenvalue weighted by atomic mass is 79.9. The van der Waals surface area contributed by atoms with Gasteiger partial charge in [0, 0.05) is 13.6 Å². The minimum absolute atomic E-state index is 0.0633. The molecule has 0 aliphatic heterocycles. The molecule has 19 heavy (non-hydrogen) atoms. The highest BCUT2D eigenvalue weighted by Crippen LogP contribution is 2.15. The molecular formula is C16H24BrNO. The zero-order valence-electron chi connectivity index (χ0n) is 12.1. The van der Waals surface area contributed by atoms with Gasteiger partial charge < -0.3 is 4.90 Å². The molecule has 1 atom stereocenters. The summed E-state index contributed by atoms with van der Waals surface area (Å²) in [5.74, 6) is 0.522. The summed E-state index contributed by atoms with van der Waals surface area (Å²) >= 11 is 3.46. The third-order valence-electron chi connectivity index (χ3n) is 3.25. The van der Waals surface area contributed by atoms with Gasteiger partial charge in [0.1, 0.15) is 0 Å². The number of hydrogen-bond acceptors (Lipinski definition) is 1. The molecule has 0 N–H and O–H groups in total. The Kier molecular flexibility index (Phi) is 7.14. The maximum atomic E-state index is 12.0. The summed E-state index contributed by atoms with van der Waals surface area (Å²) in [6.07, 6.45) is 3.26. The smallest absolute Gasteiger partial charge is 0.236 e. The van der Waals surface area contributed by atoms with Gasteiger partial charge in [0.2, 0.25) is 5.91 Å². The van der Waals surface area contributed by atoms with Gasteiger partial charge in [-0.1, -0.05) is 60.1 Å². The molecule has 106 valence electrons. The lowest BCUT2D eigenvalue weighted by Gasteiger charge is -2.22. The van der Waals surface area contributed by atoms with Gasteiger partial charge in [0.05, 0.1) is 4.83 Å². The molecule has 3 heteroatoms. The minimum Gasteiger partial charge on any atom is -0.345 e. The fraction of sp³-hybridized carbons (Fsp3) is 0.562. The van der Waals surface area contributed by atoms with Gasteiger partial charge in [0.15, 0.2) is 0 Å². The third-order valence-corrected chi connectivity index (χ3v) is 4.70. The van der Waals surface area contributed by atoms with E-state index in [1.807, 2.05) is 18.0 Å². The number of unbranched alkanes of at least 4 members (excludes halogenated alkanes) is 1. The molecule has 0 saturated heterocycles. The Morgan fingerprint density at radius 1 is 1.21 bits per heavy atom. The zero-order valence-corrected chi connectivity index (χ0v) is 13.7. The quantitative estimate of drug-likeness (QED) is 0.550. The van der Waals surface area contributed by atoms with Crippen molar-refractivity contribution in [3.63, 3.8) is 0 Å². The summed E-state index contributed by atoms with van der Waals surface area (Å²) in [4.78, 5) is 13.8. The molecule has 1 unspecified atom stereocenters. The van der Waals surface area contributed by atoms with Gasteiger partial charge >= 0.3 is 0 Å². The Labute approximate surface area is 125 Å². The minimum atomic E-state index is -0.0633. The molecule has 0 saturated carbocycles. The molecular weight excluding hydrogens is 302 g/mol. The van der Waals surface area contributed by atoms with Gasteiger partial charge in [-0.2, -0.15) is 0 Å². The predicted octanol–water partition coefficient (Wildman–Crippen LogP) is 3.89. The van der Waals surface area contributed by atoms with Crippen LogP contribution in [0.3, 0.4) is 0 Å². The van der Waals surface area contributed by atoms with Crippen molar-refractivity contribution < 1.29 is 4.79 Å². The lowest BCUT2D eigenvalue weighted by atomic mass is 10.1. The third kappa shape index (κ3) is 5.77. The van der Waals surface area contributed by atoms with Crippen LogP contribution in [-0.4, -0.2) is 29.2 Å². The van der Waals surface area contributed by atoms with Crippen molar-refractivity contribution >= 4 is 21.8 Å². The number of rotatable bonds is 7. The van der Waals surface area contributed by atoms with E-state index in [0.717, 1.165) is 25.8 Å². The Morgan fingerprint density at radius 3 is 2.42 bits per heavy atom. The topological polar surface area (TPSA) is 20.3 Å². The normalized spacial score (nSPS) is 12.5. The number of benzene rings is 1. The summed E-state index contributed by atoms with van der Waals surface area (Å²) in [6, 6.07) is 10.5. The fourth-order valence-corrected chi connectivity index (χ4v) is 2.28. The van der Waals surface area contributed by atoms with Gasteiger partial charge in [-0.15, -0.1) is 0 Å². The van der Waals surface area contributed by atoms with Crippen LogP contribution in [0.15, 0.2) is 30.3 Å². The van der Waals surface area contributed by atoms with Crippen molar-refractivity contribution in [2.45, 2.75) is 37.9 Å². The van der Waals surface area contributed by atoms with Crippen molar-refractivity contribution in [3.8, 4) is 0 Å². The Hall–Kier alpha value is -0.830. The molecule has 0 fully saturated rings. The molecule has 1 amide bonds. The highest BCUT2D eigenvalue weighted by molar-refractivity contribution is 9.10. The van der Waals surface area contributed by atoms with Crippen LogP contribution in [0.5, 0.6) is 0 Å². The number of aryl methyl sites for hydroxylation is 1. The van der Waals surface area contributed by atoms with Crippen molar-refractivity contribution in [1.29, 1.82) is 0 Å². The first-order valence-electron chi connectivity index (χ1n) is 6.95. The van der Waals surface area contributed by atoms with Crippen LogP contribution in [-0.2, 0) is 11.2 Å². The summed E-state index contributed by atoms with van der Waals surface area (Å²) in [5.41, 5.74) is 1.37. The van der Waals surface area contributed by atoms with Crippen LogP contribution in [0.4, 0.5) is 0 Å². The van der Waals surface area contributed by atoms with E-state index in [2.05, 4.69) is 54.0 Å². The lowest BCUT2D eigenvalue weighted by Crippen LogP contribution is -2.36. The van der Waals surface area contributed by atoms with Gasteiger partial charge in [-0.05, 0) is 30.7 Å². The number of carbonyl (C=O) groups excluding carboxylic acids is 1. The van der Waals surface area contributed by atoms with Crippen LogP contribution in [0, 0.1) is 5.92 Å². The molecule has 0 aliphatic carbocycles. The number of carbonyl (C=O) groups is 1. The second-order valence-electron chi connectivity index (χ2n) is 5.35. The van der Waals surface area contributed by atoms with Crippen LogP contribution in [0.2, 0.25) is 0 Å². The number of halogens is 1. The van der Waals surface area contributed by atoms with Crippen LogP contribution in [0.1, 0.15) is 32.3 Å². The van der Waals surface area contributed by atoms with Crippen LogP contribution >= 0.6 is 15.9 Å². The van der Waals surface area contributed by atoms with E-state index in [1.165, 1.54) is 5.56 Å². The van der Waals surface area contributed by atoms with Crippen molar-refractivity contribution in [2.75, 3.05) is 13.6 Å². The van der Waals surface area contributed by atoms with Gasteiger partial charge in [-0.25, -0.2) is 0 Å². The van der Waals surface area contributed by atoms with Crippen molar-refractivity contribution in [2.24, 2.45) is 5.92 Å². The monoisotopic (exact) mass is 325 g/mol. The number of hydrogen-bond donors (Lipinski definition) is 0. The van der Waals surface area contributed by atoms with Crippen molar-refractivity contribution in [3.05, 3.63) is 35.9 Å². The maximum Gasteiger partial charge on any atom is 0.236 e. The molecule has 1 aromatic carbocycles. The Bertz CT molecular complexity index is 378. The molecule has 1 aromatic rings. The SMILES string of the molecule is CC(C)C(Br)C(=O)N(C)CCCCc1ccccc1. The first kappa shape index (κ1) is 16.2. The lowest BCUT2D eigenvalue weighted by molar-refractivity contribution is -0.129. The van der Waals surface area contributed by atoms with E-state index in [4.69, 9.17) is 0 Å². The first-order valence-corrected chi connectivity index (χ1v) is 7.87. The maximum absolute atomic E-state index is 12.0. The van der Waals surface area contributed by atoms with E-state index in [0.29, 0.717) is 5.92 Å². The molecule has 0 spiro atoms. The molecule has 2 nitrogen and oxygen atoms in total. The molecule has 0 aliphatic rings. The summed E-state index contributed by atoms with van der Waals surface area (Å²) in [5, 5.41) is 0. The van der Waals surface area contributed by atoms with Gasteiger partial charge in [0.25, 0.3) is 0 Å². The second-order valence-corrected chi connectivity index (χ2v) is 6.33. The first-order chi connectivity index (χ1) is 9.02. The number of alkyl halides is 1. The number of amides is 1. The number of nitrogens with zero attached hydrogens (tertiary/aromatic N) is 1. The average Bonchev–Trinajstić information content (AvgIpc) is 2.42.